The van der Waals surface area contributed by atoms with Gasteiger partial charge in [-0.3, -0.25) is 9.59 Å². The Morgan fingerprint density at radius 3 is 2.36 bits per heavy atom. The summed E-state index contributed by atoms with van der Waals surface area (Å²) in [5, 5.41) is 17.4. The second-order valence-electron chi connectivity index (χ2n) is 6.38. The van der Waals surface area contributed by atoms with Gasteiger partial charge in [-0.2, -0.15) is 0 Å². The first-order chi connectivity index (χ1) is 13.2. The summed E-state index contributed by atoms with van der Waals surface area (Å²) in [6, 6.07) is 7.97. The number of benzene rings is 1. The van der Waals surface area contributed by atoms with Crippen molar-refractivity contribution < 1.29 is 32.6 Å². The van der Waals surface area contributed by atoms with E-state index in [4.69, 9.17) is 0 Å². The highest BCUT2D eigenvalue weighted by Gasteiger charge is 2.46. The van der Waals surface area contributed by atoms with Crippen molar-refractivity contribution in [2.24, 2.45) is 5.92 Å². The van der Waals surface area contributed by atoms with E-state index in [1.54, 1.807) is 12.1 Å². The minimum atomic E-state index is -4.81. The third-order valence-corrected chi connectivity index (χ3v) is 5.31. The minimum Gasteiger partial charge on any atom is -0.406 e. The van der Waals surface area contributed by atoms with E-state index in [2.05, 4.69) is 15.4 Å². The largest absolute Gasteiger partial charge is 0.573 e. The van der Waals surface area contributed by atoms with E-state index >= 15 is 0 Å². The van der Waals surface area contributed by atoms with Crippen LogP contribution in [0.15, 0.2) is 41.8 Å². The van der Waals surface area contributed by atoms with Crippen LogP contribution in [0.3, 0.4) is 0 Å². The first kappa shape index (κ1) is 20.2. The number of hydrogen-bond acceptors (Lipinski definition) is 5. The van der Waals surface area contributed by atoms with E-state index in [-0.39, 0.29) is 18.2 Å². The smallest absolute Gasteiger partial charge is 0.406 e. The van der Waals surface area contributed by atoms with Crippen LogP contribution in [-0.2, 0) is 15.2 Å². The van der Waals surface area contributed by atoms with Crippen LogP contribution in [0, 0.1) is 5.92 Å². The maximum atomic E-state index is 12.1. The summed E-state index contributed by atoms with van der Waals surface area (Å²) in [6.07, 6.45) is -3.14. The first-order valence-electron chi connectivity index (χ1n) is 8.39. The average Bonchev–Trinajstić information content (AvgIpc) is 3.34. The molecule has 1 saturated carbocycles. The van der Waals surface area contributed by atoms with Crippen molar-refractivity contribution in [1.29, 1.82) is 0 Å². The Bertz CT molecular complexity index is 836. The molecule has 0 saturated heterocycles. The van der Waals surface area contributed by atoms with Gasteiger partial charge in [-0.15, -0.1) is 24.5 Å². The van der Waals surface area contributed by atoms with Crippen LogP contribution in [0.25, 0.3) is 0 Å². The van der Waals surface area contributed by atoms with E-state index in [0.717, 1.165) is 29.9 Å². The lowest BCUT2D eigenvalue weighted by atomic mass is 9.95. The SMILES string of the molecule is O=C(NCC(O)(c1cccs1)C1CC1)C(=O)Nc1ccc(OC(F)(F)F)cc1. The number of carbonyl (C=O) groups excluding carboxylic acids is 2. The number of aliphatic hydroxyl groups is 1. The fourth-order valence-corrected chi connectivity index (χ4v) is 3.65. The van der Waals surface area contributed by atoms with Crippen molar-refractivity contribution in [2.45, 2.75) is 24.8 Å². The van der Waals surface area contributed by atoms with Gasteiger partial charge in [0.15, 0.2) is 0 Å². The zero-order chi connectivity index (χ0) is 20.4. The van der Waals surface area contributed by atoms with E-state index in [1.165, 1.54) is 23.5 Å². The summed E-state index contributed by atoms with van der Waals surface area (Å²) in [7, 11) is 0. The van der Waals surface area contributed by atoms with Crippen LogP contribution >= 0.6 is 11.3 Å². The maximum absolute atomic E-state index is 12.1. The lowest BCUT2D eigenvalue weighted by Crippen LogP contribution is -2.45. The molecule has 28 heavy (non-hydrogen) atoms. The molecule has 3 N–H and O–H groups in total. The molecule has 1 aromatic heterocycles. The molecule has 6 nitrogen and oxygen atoms in total. The monoisotopic (exact) mass is 414 g/mol. The summed E-state index contributed by atoms with van der Waals surface area (Å²) in [4.78, 5) is 24.8. The molecule has 1 aliphatic rings. The van der Waals surface area contributed by atoms with E-state index < -0.39 is 29.5 Å². The van der Waals surface area contributed by atoms with E-state index in [1.807, 2.05) is 5.38 Å². The van der Waals surface area contributed by atoms with Gasteiger partial charge in [-0.25, -0.2) is 0 Å². The quantitative estimate of drug-likeness (QED) is 0.635. The Balaban J connectivity index is 1.55. The van der Waals surface area contributed by atoms with Crippen LogP contribution < -0.4 is 15.4 Å². The Hall–Kier alpha value is -2.59. The van der Waals surface area contributed by atoms with Crippen LogP contribution in [0.1, 0.15) is 17.7 Å². The molecular weight excluding hydrogens is 397 g/mol. The van der Waals surface area contributed by atoms with Gasteiger partial charge in [0.25, 0.3) is 0 Å². The van der Waals surface area contributed by atoms with Crippen molar-refractivity contribution in [1.82, 2.24) is 5.32 Å². The van der Waals surface area contributed by atoms with Gasteiger partial charge in [0, 0.05) is 10.6 Å². The van der Waals surface area contributed by atoms with Gasteiger partial charge in [0.05, 0.1) is 6.54 Å². The fraction of sp³-hybridized carbons (Fsp3) is 0.333. The lowest BCUT2D eigenvalue weighted by molar-refractivity contribution is -0.274. The predicted octanol–water partition coefficient (Wildman–Crippen LogP) is 3.00. The standard InChI is InChI=1S/C18H17F3N2O4S/c19-18(20,21)27-13-7-5-12(6-8-13)23-16(25)15(24)22-10-17(26,11-3-4-11)14-2-1-9-28-14/h1-2,5-9,11,26H,3-4,10H2,(H,22,24)(H,23,25). The Morgan fingerprint density at radius 2 is 1.82 bits per heavy atom. The summed E-state index contributed by atoms with van der Waals surface area (Å²) in [5.41, 5.74) is -1.09. The molecule has 1 unspecified atom stereocenters. The summed E-state index contributed by atoms with van der Waals surface area (Å²) in [6.45, 7) is -0.108. The molecule has 0 radical (unpaired) electrons. The van der Waals surface area contributed by atoms with Gasteiger partial charge in [0.1, 0.15) is 11.4 Å². The third-order valence-electron chi connectivity index (χ3n) is 4.27. The zero-order valence-corrected chi connectivity index (χ0v) is 15.3. The molecule has 2 amide bonds. The van der Waals surface area contributed by atoms with Crippen LogP contribution in [-0.4, -0.2) is 29.8 Å². The summed E-state index contributed by atoms with van der Waals surface area (Å²) >= 11 is 1.37. The number of halogens is 3. The van der Waals surface area contributed by atoms with Crippen LogP contribution in [0.2, 0.25) is 0 Å². The van der Waals surface area contributed by atoms with Gasteiger partial charge in [-0.1, -0.05) is 6.07 Å². The minimum absolute atomic E-state index is 0.0238. The van der Waals surface area contributed by atoms with Gasteiger partial charge >= 0.3 is 18.2 Å². The normalized spacial score (nSPS) is 16.1. The van der Waals surface area contributed by atoms with Crippen molar-refractivity contribution in [3.05, 3.63) is 46.7 Å². The molecule has 2 aromatic rings. The molecule has 1 fully saturated rings. The number of rotatable bonds is 6. The van der Waals surface area contributed by atoms with Gasteiger partial charge < -0.3 is 20.5 Å². The van der Waals surface area contributed by atoms with Gasteiger partial charge in [0.2, 0.25) is 0 Å². The number of anilines is 1. The Labute approximate surface area is 162 Å². The molecule has 150 valence electrons. The molecule has 10 heteroatoms. The molecular formula is C18H17F3N2O4S. The summed E-state index contributed by atoms with van der Waals surface area (Å²) in [5.74, 6) is -2.36. The molecule has 1 atom stereocenters. The second-order valence-corrected chi connectivity index (χ2v) is 7.33. The highest BCUT2D eigenvalue weighted by atomic mass is 32.1. The highest BCUT2D eigenvalue weighted by molar-refractivity contribution is 7.10. The first-order valence-corrected chi connectivity index (χ1v) is 9.27. The Kier molecular flexibility index (Phi) is 5.61. The number of carbonyl (C=O) groups is 2. The van der Waals surface area contributed by atoms with Crippen molar-refractivity contribution in [3.8, 4) is 5.75 Å². The fourth-order valence-electron chi connectivity index (χ4n) is 2.74. The average molecular weight is 414 g/mol. The van der Waals surface area contributed by atoms with Crippen molar-refractivity contribution in [2.75, 3.05) is 11.9 Å². The molecule has 1 aliphatic carbocycles. The van der Waals surface area contributed by atoms with Crippen molar-refractivity contribution in [3.63, 3.8) is 0 Å². The summed E-state index contributed by atoms with van der Waals surface area (Å²) < 4.78 is 40.1. The highest BCUT2D eigenvalue weighted by Crippen LogP contribution is 2.46. The zero-order valence-electron chi connectivity index (χ0n) is 14.5. The lowest BCUT2D eigenvalue weighted by Gasteiger charge is -2.27. The molecule has 0 aliphatic heterocycles. The number of thiophene rings is 1. The van der Waals surface area contributed by atoms with E-state index in [9.17, 15) is 27.9 Å². The van der Waals surface area contributed by atoms with Crippen molar-refractivity contribution >= 4 is 28.8 Å². The van der Waals surface area contributed by atoms with Crippen LogP contribution in [0.5, 0.6) is 5.75 Å². The molecule has 1 heterocycles. The molecule has 3 rings (SSSR count). The number of ether oxygens (including phenoxy) is 1. The number of alkyl halides is 3. The Morgan fingerprint density at radius 1 is 1.14 bits per heavy atom. The van der Waals surface area contributed by atoms with Crippen LogP contribution in [0.4, 0.5) is 18.9 Å². The molecule has 1 aromatic carbocycles. The predicted molar refractivity (Wildman–Crippen MR) is 95.7 cm³/mol. The molecule has 0 spiro atoms. The van der Waals surface area contributed by atoms with E-state index in [0.29, 0.717) is 0 Å². The molecule has 0 bridgehead atoms. The number of amides is 2. The third kappa shape index (κ3) is 5.02. The number of nitrogens with one attached hydrogen (secondary N) is 2. The second kappa shape index (κ2) is 7.80. The number of hydrogen-bond donors (Lipinski definition) is 3. The maximum Gasteiger partial charge on any atom is 0.573 e. The topological polar surface area (TPSA) is 87.7 Å². The van der Waals surface area contributed by atoms with Gasteiger partial charge in [-0.05, 0) is 54.5 Å².